The van der Waals surface area contributed by atoms with Gasteiger partial charge in [-0.25, -0.2) is 4.79 Å². The molecule has 0 heterocycles. The van der Waals surface area contributed by atoms with Crippen molar-refractivity contribution in [2.45, 2.75) is 52.2 Å². The fourth-order valence-corrected chi connectivity index (χ4v) is 1.73. The van der Waals surface area contributed by atoms with Crippen molar-refractivity contribution in [1.29, 1.82) is 0 Å². The zero-order valence-electron chi connectivity index (χ0n) is 12.5. The Morgan fingerprint density at radius 3 is 2.32 bits per heavy atom. The van der Waals surface area contributed by atoms with Gasteiger partial charge in [0, 0.05) is 6.04 Å². The average molecular weight is 271 g/mol. The Morgan fingerprint density at radius 2 is 1.95 bits per heavy atom. The molecule has 0 saturated heterocycles. The molecule has 0 radical (unpaired) electrons. The van der Waals surface area contributed by atoms with Crippen LogP contribution >= 0.6 is 0 Å². The number of carbonyl (C=O) groups excluding carboxylic acids is 2. The summed E-state index contributed by atoms with van der Waals surface area (Å²) >= 11 is 0. The van der Waals surface area contributed by atoms with E-state index in [0.717, 1.165) is 0 Å². The molecule has 0 aromatic rings. The van der Waals surface area contributed by atoms with E-state index in [1.165, 1.54) is 7.11 Å². The van der Waals surface area contributed by atoms with Crippen molar-refractivity contribution < 1.29 is 19.1 Å². The van der Waals surface area contributed by atoms with E-state index in [9.17, 15) is 9.59 Å². The minimum absolute atomic E-state index is 0.342. The standard InChI is InChI=1S/C14H25NO4/c1-7-9-11(10(8-2)12(16)18-6)15-13(17)19-14(3,4)5/h7,10-11H,1,8-9H2,2-6H3,(H,15,17)/t10-,11+/m1/s1. The summed E-state index contributed by atoms with van der Waals surface area (Å²) in [7, 11) is 1.34. The highest BCUT2D eigenvalue weighted by Gasteiger charge is 2.29. The summed E-state index contributed by atoms with van der Waals surface area (Å²) in [6.07, 6.45) is 2.17. The van der Waals surface area contributed by atoms with Gasteiger partial charge in [0.15, 0.2) is 0 Å². The summed E-state index contributed by atoms with van der Waals surface area (Å²) in [4.78, 5) is 23.4. The number of hydrogen-bond donors (Lipinski definition) is 1. The second kappa shape index (κ2) is 7.81. The van der Waals surface area contributed by atoms with Gasteiger partial charge in [0.25, 0.3) is 0 Å². The molecule has 0 aromatic heterocycles. The maximum atomic E-state index is 11.8. The normalized spacial score (nSPS) is 14.2. The van der Waals surface area contributed by atoms with Crippen LogP contribution in [0, 0.1) is 5.92 Å². The Morgan fingerprint density at radius 1 is 1.37 bits per heavy atom. The molecule has 0 bridgehead atoms. The van der Waals surface area contributed by atoms with Gasteiger partial charge in [0.05, 0.1) is 13.0 Å². The van der Waals surface area contributed by atoms with E-state index in [4.69, 9.17) is 9.47 Å². The van der Waals surface area contributed by atoms with Crippen LogP contribution in [0.2, 0.25) is 0 Å². The number of rotatable bonds is 6. The van der Waals surface area contributed by atoms with Crippen LogP contribution in [-0.2, 0) is 14.3 Å². The van der Waals surface area contributed by atoms with Gasteiger partial charge in [-0.05, 0) is 33.6 Å². The van der Waals surface area contributed by atoms with Crippen LogP contribution in [0.5, 0.6) is 0 Å². The Hall–Kier alpha value is -1.52. The highest BCUT2D eigenvalue weighted by Crippen LogP contribution is 2.16. The number of ether oxygens (including phenoxy) is 2. The monoisotopic (exact) mass is 271 g/mol. The summed E-state index contributed by atoms with van der Waals surface area (Å²) in [5.41, 5.74) is -0.574. The van der Waals surface area contributed by atoms with Crippen molar-refractivity contribution in [3.8, 4) is 0 Å². The highest BCUT2D eigenvalue weighted by molar-refractivity contribution is 5.75. The third-order valence-electron chi connectivity index (χ3n) is 2.55. The Balaban J connectivity index is 4.76. The molecule has 1 amide bonds. The predicted octanol–water partition coefficient (Wildman–Crippen LogP) is 2.66. The summed E-state index contributed by atoms with van der Waals surface area (Å²) in [6, 6.07) is -0.371. The first-order chi connectivity index (χ1) is 8.75. The van der Waals surface area contributed by atoms with Gasteiger partial charge in [0.1, 0.15) is 5.60 Å². The first-order valence-corrected chi connectivity index (χ1v) is 6.43. The topological polar surface area (TPSA) is 64.6 Å². The summed E-state index contributed by atoms with van der Waals surface area (Å²) < 4.78 is 9.93. The van der Waals surface area contributed by atoms with Crippen molar-refractivity contribution in [3.63, 3.8) is 0 Å². The molecule has 5 heteroatoms. The molecule has 0 aliphatic heterocycles. The molecule has 0 aromatic carbocycles. The van der Waals surface area contributed by atoms with E-state index >= 15 is 0 Å². The lowest BCUT2D eigenvalue weighted by atomic mass is 9.94. The highest BCUT2D eigenvalue weighted by atomic mass is 16.6. The van der Waals surface area contributed by atoms with E-state index in [-0.39, 0.29) is 12.0 Å². The first kappa shape index (κ1) is 17.5. The molecular weight excluding hydrogens is 246 g/mol. The molecule has 1 N–H and O–H groups in total. The van der Waals surface area contributed by atoms with Gasteiger partial charge in [-0.1, -0.05) is 13.0 Å². The van der Waals surface area contributed by atoms with Crippen LogP contribution in [-0.4, -0.2) is 30.8 Å². The van der Waals surface area contributed by atoms with Gasteiger partial charge in [0.2, 0.25) is 0 Å². The molecule has 0 aliphatic carbocycles. The summed E-state index contributed by atoms with van der Waals surface area (Å²) in [5, 5.41) is 2.71. The summed E-state index contributed by atoms with van der Waals surface area (Å²) in [6.45, 7) is 10.9. The van der Waals surface area contributed by atoms with Crippen LogP contribution in [0.25, 0.3) is 0 Å². The second-order valence-electron chi connectivity index (χ2n) is 5.32. The SMILES string of the molecule is C=CC[C@H](NC(=O)OC(C)(C)C)[C@@H](CC)C(=O)OC. The molecule has 110 valence electrons. The minimum atomic E-state index is -0.574. The molecule has 0 saturated carbocycles. The molecule has 0 unspecified atom stereocenters. The maximum Gasteiger partial charge on any atom is 0.407 e. The first-order valence-electron chi connectivity index (χ1n) is 6.43. The van der Waals surface area contributed by atoms with Crippen LogP contribution < -0.4 is 5.32 Å². The van der Waals surface area contributed by atoms with E-state index in [0.29, 0.717) is 12.8 Å². The lowest BCUT2D eigenvalue weighted by Crippen LogP contribution is -2.45. The number of hydrogen-bond acceptors (Lipinski definition) is 4. The lowest BCUT2D eigenvalue weighted by Gasteiger charge is -2.26. The van der Waals surface area contributed by atoms with Gasteiger partial charge < -0.3 is 14.8 Å². The average Bonchev–Trinajstić information content (AvgIpc) is 2.27. The van der Waals surface area contributed by atoms with Crippen molar-refractivity contribution in [3.05, 3.63) is 12.7 Å². The fourth-order valence-electron chi connectivity index (χ4n) is 1.73. The largest absolute Gasteiger partial charge is 0.469 e. The molecule has 0 fully saturated rings. The number of alkyl carbamates (subject to hydrolysis) is 1. The molecule has 19 heavy (non-hydrogen) atoms. The fraction of sp³-hybridized carbons (Fsp3) is 0.714. The Bertz CT molecular complexity index is 320. The van der Waals surface area contributed by atoms with Crippen LogP contribution in [0.1, 0.15) is 40.5 Å². The van der Waals surface area contributed by atoms with Gasteiger partial charge >= 0.3 is 12.1 Å². The zero-order chi connectivity index (χ0) is 15.1. The molecule has 0 rings (SSSR count). The lowest BCUT2D eigenvalue weighted by molar-refractivity contribution is -0.146. The van der Waals surface area contributed by atoms with Crippen molar-refractivity contribution in [2.75, 3.05) is 7.11 Å². The number of nitrogens with one attached hydrogen (secondary N) is 1. The molecular formula is C14H25NO4. The predicted molar refractivity (Wildman–Crippen MR) is 73.8 cm³/mol. The molecule has 2 atom stereocenters. The number of carbonyl (C=O) groups is 2. The summed E-state index contributed by atoms with van der Waals surface area (Å²) in [5.74, 6) is -0.749. The van der Waals surface area contributed by atoms with E-state index in [2.05, 4.69) is 11.9 Å². The Labute approximate surface area is 115 Å². The molecule has 0 aliphatic rings. The van der Waals surface area contributed by atoms with Gasteiger partial charge in [-0.15, -0.1) is 6.58 Å². The number of esters is 1. The van der Waals surface area contributed by atoms with Crippen LogP contribution in [0.4, 0.5) is 4.79 Å². The van der Waals surface area contributed by atoms with Crippen molar-refractivity contribution in [2.24, 2.45) is 5.92 Å². The molecule has 0 spiro atoms. The Kier molecular flexibility index (Phi) is 7.19. The van der Waals surface area contributed by atoms with Gasteiger partial charge in [-0.2, -0.15) is 0 Å². The third-order valence-corrected chi connectivity index (χ3v) is 2.55. The quantitative estimate of drug-likeness (QED) is 0.596. The number of methoxy groups -OCH3 is 1. The smallest absolute Gasteiger partial charge is 0.407 e. The number of amides is 1. The van der Waals surface area contributed by atoms with E-state index in [1.54, 1.807) is 26.8 Å². The minimum Gasteiger partial charge on any atom is -0.469 e. The van der Waals surface area contributed by atoms with Crippen LogP contribution in [0.15, 0.2) is 12.7 Å². The van der Waals surface area contributed by atoms with E-state index < -0.39 is 17.6 Å². The van der Waals surface area contributed by atoms with Crippen molar-refractivity contribution >= 4 is 12.1 Å². The van der Waals surface area contributed by atoms with Gasteiger partial charge in [-0.3, -0.25) is 4.79 Å². The van der Waals surface area contributed by atoms with Crippen molar-refractivity contribution in [1.82, 2.24) is 5.32 Å². The molecule has 5 nitrogen and oxygen atoms in total. The maximum absolute atomic E-state index is 11.8. The van der Waals surface area contributed by atoms with E-state index in [1.807, 2.05) is 6.92 Å². The third kappa shape index (κ3) is 6.84. The second-order valence-corrected chi connectivity index (χ2v) is 5.32. The zero-order valence-corrected chi connectivity index (χ0v) is 12.5. The van der Waals surface area contributed by atoms with Crippen LogP contribution in [0.3, 0.4) is 0 Å².